The van der Waals surface area contributed by atoms with E-state index in [0.29, 0.717) is 25.1 Å². The smallest absolute Gasteiger partial charge is 0.309 e. The number of fused-ring (bicyclic) bond motifs is 1. The number of hydrogen-bond acceptors (Lipinski definition) is 4. The fourth-order valence-corrected chi connectivity index (χ4v) is 7.61. The van der Waals surface area contributed by atoms with Gasteiger partial charge in [0.1, 0.15) is 0 Å². The van der Waals surface area contributed by atoms with Gasteiger partial charge in [0.25, 0.3) is 5.91 Å². The number of nitrogens with zero attached hydrogens (tertiary/aromatic N) is 2. The minimum Gasteiger partial charge on any atom is -0.466 e. The Hall–Kier alpha value is -2.63. The van der Waals surface area contributed by atoms with E-state index in [2.05, 4.69) is 5.32 Å². The van der Waals surface area contributed by atoms with Gasteiger partial charge in [-0.3, -0.25) is 9.59 Å². The number of hydrogen-bond donors (Lipinski definition) is 1. The molecule has 1 atom stereocenters. The van der Waals surface area contributed by atoms with E-state index in [0.717, 1.165) is 60.4 Å². The quantitative estimate of drug-likeness (QED) is 0.696. The van der Waals surface area contributed by atoms with Gasteiger partial charge >= 0.3 is 5.97 Å². The van der Waals surface area contributed by atoms with Crippen LogP contribution < -0.4 is 5.32 Å². The third kappa shape index (κ3) is 3.68. The molecule has 1 N–H and O–H groups in total. The minimum atomic E-state index is -0.211. The second kappa shape index (κ2) is 8.00. The van der Waals surface area contributed by atoms with Crippen LogP contribution in [0.5, 0.6) is 0 Å². The number of rotatable bonds is 5. The van der Waals surface area contributed by atoms with Crippen molar-refractivity contribution in [2.45, 2.75) is 70.3 Å². The lowest BCUT2D eigenvalue weighted by Gasteiger charge is -2.56. The molecule has 0 saturated heterocycles. The number of nitrogens with one attached hydrogen (secondary N) is 1. The lowest BCUT2D eigenvalue weighted by Crippen LogP contribution is -2.60. The number of carbonyl (C=O) groups is 2. The number of ether oxygens (including phenoxy) is 1. The maximum atomic E-state index is 13.7. The molecule has 1 amide bonds. The van der Waals surface area contributed by atoms with E-state index in [9.17, 15) is 9.59 Å². The van der Waals surface area contributed by atoms with Crippen LogP contribution in [0.1, 0.15) is 73.6 Å². The summed E-state index contributed by atoms with van der Waals surface area (Å²) in [6.07, 6.45) is 9.31. The Balaban J connectivity index is 1.33. The van der Waals surface area contributed by atoms with Crippen LogP contribution >= 0.6 is 0 Å². The van der Waals surface area contributed by atoms with Crippen molar-refractivity contribution in [1.82, 2.24) is 15.1 Å². The fraction of sp³-hybridized carbons (Fsp3) is 0.593. The highest BCUT2D eigenvalue weighted by atomic mass is 16.5. The molecule has 7 rings (SSSR count). The van der Waals surface area contributed by atoms with E-state index in [1.807, 2.05) is 41.9 Å². The van der Waals surface area contributed by atoms with Gasteiger partial charge in [0, 0.05) is 16.8 Å². The molecule has 4 bridgehead atoms. The summed E-state index contributed by atoms with van der Waals surface area (Å²) in [5.41, 5.74) is 3.36. The van der Waals surface area contributed by atoms with Crippen LogP contribution in [0, 0.1) is 23.7 Å². The van der Waals surface area contributed by atoms with Gasteiger partial charge in [-0.2, -0.15) is 5.10 Å². The number of benzene rings is 1. The molecular formula is C27H33N3O3. The minimum absolute atomic E-state index is 0.0626. The zero-order chi connectivity index (χ0) is 22.6. The van der Waals surface area contributed by atoms with Crippen molar-refractivity contribution in [3.63, 3.8) is 0 Å². The molecule has 1 unspecified atom stereocenters. The molecule has 4 saturated carbocycles. The van der Waals surface area contributed by atoms with Crippen LogP contribution in [0.3, 0.4) is 0 Å². The lowest BCUT2D eigenvalue weighted by molar-refractivity contribution is -0.148. The molecule has 5 aliphatic rings. The molecule has 1 aromatic carbocycles. The zero-order valence-electron chi connectivity index (χ0n) is 19.4. The monoisotopic (exact) mass is 447 g/mol. The van der Waals surface area contributed by atoms with Gasteiger partial charge in [0.2, 0.25) is 0 Å². The summed E-state index contributed by atoms with van der Waals surface area (Å²) in [7, 11) is 0. The van der Waals surface area contributed by atoms with Gasteiger partial charge in [0.15, 0.2) is 5.69 Å². The average Bonchev–Trinajstić information content (AvgIpc) is 3.18. The molecule has 6 nitrogen and oxygen atoms in total. The van der Waals surface area contributed by atoms with Crippen molar-refractivity contribution < 1.29 is 14.3 Å². The normalized spacial score (nSPS) is 31.8. The summed E-state index contributed by atoms with van der Waals surface area (Å²) in [6, 6.07) is 10.00. The number of carbonyl (C=O) groups excluding carboxylic acids is 2. The van der Waals surface area contributed by atoms with E-state index in [-0.39, 0.29) is 23.3 Å². The fourth-order valence-electron chi connectivity index (χ4n) is 7.61. The van der Waals surface area contributed by atoms with Gasteiger partial charge in [0.05, 0.1) is 18.2 Å². The molecule has 1 heterocycles. The Bertz CT molecular complexity index is 1040. The summed E-state index contributed by atoms with van der Waals surface area (Å²) in [4.78, 5) is 26.3. The molecule has 0 spiro atoms. The van der Waals surface area contributed by atoms with E-state index in [1.54, 1.807) is 0 Å². The zero-order valence-corrected chi connectivity index (χ0v) is 19.4. The van der Waals surface area contributed by atoms with Gasteiger partial charge in [-0.25, -0.2) is 4.68 Å². The standard InChI is InChI=1S/C27H33N3O3/c1-2-33-26(32)20-8-9-23-22(13-20)24(29-30(23)21-6-4-3-5-7-21)25(31)28-27-14-17-10-18(15-27)12-19(11-17)16-27/h3-7,17-20H,2,8-16H2,1H3,(H,28,31). The van der Waals surface area contributed by atoms with Gasteiger partial charge in [-0.15, -0.1) is 0 Å². The molecule has 5 aliphatic carbocycles. The van der Waals surface area contributed by atoms with Crippen LogP contribution in [0.25, 0.3) is 5.69 Å². The molecule has 2 aromatic rings. The Kier molecular flexibility index (Phi) is 5.07. The largest absolute Gasteiger partial charge is 0.466 e. The Morgan fingerprint density at radius 2 is 1.76 bits per heavy atom. The summed E-state index contributed by atoms with van der Waals surface area (Å²) in [5.74, 6) is 1.86. The molecule has 6 heteroatoms. The number of aromatic nitrogens is 2. The van der Waals surface area contributed by atoms with Crippen molar-refractivity contribution >= 4 is 11.9 Å². The summed E-state index contributed by atoms with van der Waals surface area (Å²) >= 11 is 0. The van der Waals surface area contributed by atoms with Crippen molar-refractivity contribution in [2.24, 2.45) is 23.7 Å². The first-order valence-corrected chi connectivity index (χ1v) is 12.7. The molecule has 0 aliphatic heterocycles. The first-order valence-electron chi connectivity index (χ1n) is 12.7. The molecule has 0 radical (unpaired) electrons. The second-order valence-corrected chi connectivity index (χ2v) is 10.9. The summed E-state index contributed by atoms with van der Waals surface area (Å²) in [6.45, 7) is 2.22. The van der Waals surface area contributed by atoms with Crippen LogP contribution in [-0.4, -0.2) is 33.8 Å². The Morgan fingerprint density at radius 3 is 2.39 bits per heavy atom. The van der Waals surface area contributed by atoms with E-state index in [1.165, 1.54) is 19.3 Å². The van der Waals surface area contributed by atoms with E-state index < -0.39 is 0 Å². The van der Waals surface area contributed by atoms with Gasteiger partial charge in [-0.1, -0.05) is 18.2 Å². The Morgan fingerprint density at radius 1 is 1.09 bits per heavy atom. The van der Waals surface area contributed by atoms with Gasteiger partial charge < -0.3 is 10.1 Å². The average molecular weight is 448 g/mol. The number of para-hydroxylation sites is 1. The lowest BCUT2D eigenvalue weighted by atomic mass is 9.53. The first kappa shape index (κ1) is 20.9. The van der Waals surface area contributed by atoms with Gasteiger partial charge in [-0.05, 0) is 94.6 Å². The topological polar surface area (TPSA) is 73.2 Å². The highest BCUT2D eigenvalue weighted by Crippen LogP contribution is 2.55. The summed E-state index contributed by atoms with van der Waals surface area (Å²) < 4.78 is 7.23. The highest BCUT2D eigenvalue weighted by molar-refractivity contribution is 5.95. The van der Waals surface area contributed by atoms with Crippen LogP contribution in [0.15, 0.2) is 30.3 Å². The number of esters is 1. The number of amides is 1. The van der Waals surface area contributed by atoms with Crippen molar-refractivity contribution in [2.75, 3.05) is 6.61 Å². The second-order valence-electron chi connectivity index (χ2n) is 10.9. The molecule has 1 aromatic heterocycles. The molecule has 4 fully saturated rings. The van der Waals surface area contributed by atoms with Crippen LogP contribution in [0.4, 0.5) is 0 Å². The molecular weight excluding hydrogens is 414 g/mol. The SMILES string of the molecule is CCOC(=O)C1CCc2c(c(C(=O)NC34CC5CC(CC(C5)C3)C4)nn2-c2ccccc2)C1. The highest BCUT2D eigenvalue weighted by Gasteiger charge is 2.52. The Labute approximate surface area is 195 Å². The van der Waals surface area contributed by atoms with E-state index in [4.69, 9.17) is 9.84 Å². The summed E-state index contributed by atoms with van der Waals surface area (Å²) in [5, 5.41) is 8.35. The molecule has 33 heavy (non-hydrogen) atoms. The predicted octanol–water partition coefficient (Wildman–Crippen LogP) is 4.24. The van der Waals surface area contributed by atoms with Crippen LogP contribution in [-0.2, 0) is 22.4 Å². The maximum Gasteiger partial charge on any atom is 0.309 e. The molecule has 174 valence electrons. The van der Waals surface area contributed by atoms with Crippen molar-refractivity contribution in [3.05, 3.63) is 47.3 Å². The van der Waals surface area contributed by atoms with E-state index >= 15 is 0 Å². The van der Waals surface area contributed by atoms with Crippen molar-refractivity contribution in [1.29, 1.82) is 0 Å². The van der Waals surface area contributed by atoms with Crippen LogP contribution in [0.2, 0.25) is 0 Å². The third-order valence-electron chi connectivity index (χ3n) is 8.52. The first-order chi connectivity index (χ1) is 16.0. The van der Waals surface area contributed by atoms with Crippen molar-refractivity contribution in [3.8, 4) is 5.69 Å². The maximum absolute atomic E-state index is 13.7. The predicted molar refractivity (Wildman–Crippen MR) is 124 cm³/mol. The third-order valence-corrected chi connectivity index (χ3v) is 8.52.